The van der Waals surface area contributed by atoms with Crippen LogP contribution in [0.4, 0.5) is 10.1 Å². The molecule has 4 rings (SSSR count). The summed E-state index contributed by atoms with van der Waals surface area (Å²) in [4.78, 5) is 16.4. The van der Waals surface area contributed by atoms with Gasteiger partial charge in [0.1, 0.15) is 16.5 Å². The number of hydrogen-bond acceptors (Lipinski definition) is 8. The summed E-state index contributed by atoms with van der Waals surface area (Å²) in [5.41, 5.74) is 0.316. The average molecular weight is 476 g/mol. The van der Waals surface area contributed by atoms with Crippen molar-refractivity contribution >= 4 is 21.6 Å². The Morgan fingerprint density at radius 1 is 1.21 bits per heavy atom. The van der Waals surface area contributed by atoms with Crippen LogP contribution in [0.25, 0.3) is 0 Å². The Morgan fingerprint density at radius 2 is 1.97 bits per heavy atom. The van der Waals surface area contributed by atoms with Crippen molar-refractivity contribution in [3.63, 3.8) is 0 Å². The van der Waals surface area contributed by atoms with Crippen molar-refractivity contribution in [3.8, 4) is 5.75 Å². The molecule has 0 spiro atoms. The first-order chi connectivity index (χ1) is 15.8. The van der Waals surface area contributed by atoms with E-state index in [4.69, 9.17) is 14.0 Å². The van der Waals surface area contributed by atoms with Gasteiger partial charge in [0, 0.05) is 25.7 Å². The number of hydrogen-bond donors (Lipinski definition) is 1. The molecule has 0 aliphatic carbocycles. The molecular formula is C21H21FN4O6S. The van der Waals surface area contributed by atoms with E-state index < -0.39 is 26.6 Å². The summed E-state index contributed by atoms with van der Waals surface area (Å²) in [6.07, 6.45) is 0. The van der Waals surface area contributed by atoms with Gasteiger partial charge in [-0.1, -0.05) is 17.3 Å². The van der Waals surface area contributed by atoms with Crippen LogP contribution in [-0.2, 0) is 21.4 Å². The molecule has 12 heteroatoms. The normalized spacial score (nSPS) is 14.7. The first-order valence-electron chi connectivity index (χ1n) is 10.0. The number of nitrogens with one attached hydrogen (secondary N) is 1. The molecular weight excluding hydrogens is 455 g/mol. The number of aromatic nitrogens is 2. The van der Waals surface area contributed by atoms with Crippen LogP contribution < -0.4 is 10.1 Å². The molecule has 33 heavy (non-hydrogen) atoms. The molecule has 10 nitrogen and oxygen atoms in total. The van der Waals surface area contributed by atoms with E-state index >= 15 is 0 Å². The maximum Gasteiger partial charge on any atom is 0.259 e. The van der Waals surface area contributed by atoms with E-state index in [1.807, 2.05) is 0 Å². The van der Waals surface area contributed by atoms with Gasteiger partial charge in [-0.05, 0) is 30.3 Å². The number of para-hydroxylation sites is 1. The van der Waals surface area contributed by atoms with Crippen LogP contribution in [0, 0.1) is 12.7 Å². The molecule has 0 unspecified atom stereocenters. The summed E-state index contributed by atoms with van der Waals surface area (Å²) in [6, 6.07) is 9.88. The van der Waals surface area contributed by atoms with Gasteiger partial charge in [0.2, 0.25) is 21.7 Å². The minimum absolute atomic E-state index is 0.0138. The van der Waals surface area contributed by atoms with Gasteiger partial charge in [-0.25, -0.2) is 12.8 Å². The van der Waals surface area contributed by atoms with Crippen molar-refractivity contribution in [1.82, 2.24) is 14.4 Å². The Morgan fingerprint density at radius 3 is 2.70 bits per heavy atom. The van der Waals surface area contributed by atoms with Crippen molar-refractivity contribution in [3.05, 3.63) is 65.6 Å². The second kappa shape index (κ2) is 9.65. The number of aryl methyl sites for hydroxylation is 1. The quantitative estimate of drug-likeness (QED) is 0.551. The summed E-state index contributed by atoms with van der Waals surface area (Å²) in [5.74, 6) is -0.492. The van der Waals surface area contributed by atoms with Crippen molar-refractivity contribution in [2.24, 2.45) is 0 Å². The number of amides is 1. The summed E-state index contributed by atoms with van der Waals surface area (Å²) >= 11 is 0. The topological polar surface area (TPSA) is 124 Å². The largest absolute Gasteiger partial charge is 0.485 e. The molecule has 1 saturated heterocycles. The molecule has 0 saturated carbocycles. The third-order valence-corrected chi connectivity index (χ3v) is 6.75. The van der Waals surface area contributed by atoms with E-state index in [0.717, 1.165) is 16.4 Å². The average Bonchev–Trinajstić information content (AvgIpc) is 3.24. The van der Waals surface area contributed by atoms with Gasteiger partial charge in [-0.3, -0.25) is 4.79 Å². The Balaban J connectivity index is 1.53. The van der Waals surface area contributed by atoms with Crippen molar-refractivity contribution in [1.29, 1.82) is 0 Å². The second-order valence-electron chi connectivity index (χ2n) is 7.13. The monoisotopic (exact) mass is 476 g/mol. The van der Waals surface area contributed by atoms with Gasteiger partial charge in [-0.15, -0.1) is 0 Å². The third-order valence-electron chi connectivity index (χ3n) is 4.84. The minimum atomic E-state index is -4.08. The second-order valence-corrected chi connectivity index (χ2v) is 9.04. The number of halogens is 1. The summed E-state index contributed by atoms with van der Waals surface area (Å²) in [5, 5.41) is 6.34. The molecule has 2 aromatic carbocycles. The van der Waals surface area contributed by atoms with Gasteiger partial charge in [0.05, 0.1) is 18.8 Å². The fraction of sp³-hybridized carbons (Fsp3) is 0.286. The molecule has 1 aromatic heterocycles. The highest BCUT2D eigenvalue weighted by Gasteiger charge is 2.29. The fourth-order valence-electron chi connectivity index (χ4n) is 3.23. The van der Waals surface area contributed by atoms with E-state index in [1.165, 1.54) is 6.07 Å². The number of rotatable bonds is 7. The summed E-state index contributed by atoms with van der Waals surface area (Å²) in [7, 11) is -4.08. The number of morpholine rings is 1. The van der Waals surface area contributed by atoms with Gasteiger partial charge < -0.3 is 19.3 Å². The zero-order valence-corrected chi connectivity index (χ0v) is 18.5. The molecule has 1 aliphatic rings. The number of benzene rings is 2. The highest BCUT2D eigenvalue weighted by Crippen LogP contribution is 2.25. The lowest BCUT2D eigenvalue weighted by atomic mass is 10.2. The van der Waals surface area contributed by atoms with Crippen LogP contribution in [0.1, 0.15) is 22.1 Å². The van der Waals surface area contributed by atoms with Gasteiger partial charge in [0.25, 0.3) is 5.91 Å². The fourth-order valence-corrected chi connectivity index (χ4v) is 4.72. The predicted octanol–water partition coefficient (Wildman–Crippen LogP) is 2.37. The van der Waals surface area contributed by atoms with E-state index in [-0.39, 0.29) is 49.9 Å². The zero-order valence-electron chi connectivity index (χ0n) is 17.7. The Hall–Kier alpha value is -3.35. The summed E-state index contributed by atoms with van der Waals surface area (Å²) < 4.78 is 57.0. The number of carbonyl (C=O) groups is 1. The predicted molar refractivity (Wildman–Crippen MR) is 114 cm³/mol. The lowest BCUT2D eigenvalue weighted by molar-refractivity contribution is 0.0729. The maximum atomic E-state index is 14.4. The van der Waals surface area contributed by atoms with Crippen LogP contribution in [0.2, 0.25) is 0 Å². The molecule has 1 amide bonds. The Kier molecular flexibility index (Phi) is 6.67. The molecule has 3 aromatic rings. The van der Waals surface area contributed by atoms with E-state index in [1.54, 1.807) is 31.2 Å². The smallest absolute Gasteiger partial charge is 0.259 e. The number of ether oxygens (including phenoxy) is 2. The minimum Gasteiger partial charge on any atom is -0.485 e. The SMILES string of the molecule is Cc1nc(COc2ccccc2C(=O)Nc2ccc(F)c(S(=O)(=O)N3CCOCC3)c2)no1. The van der Waals surface area contributed by atoms with Crippen molar-refractivity contribution in [2.45, 2.75) is 18.4 Å². The molecule has 1 aliphatic heterocycles. The van der Waals surface area contributed by atoms with Gasteiger partial charge in [-0.2, -0.15) is 9.29 Å². The highest BCUT2D eigenvalue weighted by molar-refractivity contribution is 7.89. The van der Waals surface area contributed by atoms with Gasteiger partial charge in [0.15, 0.2) is 6.61 Å². The maximum absolute atomic E-state index is 14.4. The van der Waals surface area contributed by atoms with Crippen LogP contribution in [0.3, 0.4) is 0 Å². The lowest BCUT2D eigenvalue weighted by Crippen LogP contribution is -2.40. The van der Waals surface area contributed by atoms with E-state index in [9.17, 15) is 17.6 Å². The van der Waals surface area contributed by atoms with Crippen LogP contribution in [0.5, 0.6) is 5.75 Å². The molecule has 0 atom stereocenters. The van der Waals surface area contributed by atoms with E-state index in [2.05, 4.69) is 15.5 Å². The standard InChI is InChI=1S/C21H21FN4O6S/c1-14-23-20(25-32-14)13-31-18-5-3-2-4-16(18)21(27)24-15-6-7-17(22)19(12-15)33(28,29)26-8-10-30-11-9-26/h2-7,12H,8-11,13H2,1H3,(H,24,27). The first kappa shape index (κ1) is 22.8. The molecule has 0 radical (unpaired) electrons. The number of carbonyl (C=O) groups excluding carboxylic acids is 1. The third kappa shape index (κ3) is 5.18. The highest BCUT2D eigenvalue weighted by atomic mass is 32.2. The van der Waals surface area contributed by atoms with Crippen LogP contribution in [0.15, 0.2) is 51.9 Å². The van der Waals surface area contributed by atoms with E-state index in [0.29, 0.717) is 11.7 Å². The van der Waals surface area contributed by atoms with Gasteiger partial charge >= 0.3 is 0 Å². The van der Waals surface area contributed by atoms with Crippen LogP contribution >= 0.6 is 0 Å². The van der Waals surface area contributed by atoms with Crippen molar-refractivity contribution < 1.29 is 31.6 Å². The Bertz CT molecular complexity index is 1260. The lowest BCUT2D eigenvalue weighted by Gasteiger charge is -2.26. The molecule has 1 fully saturated rings. The molecule has 174 valence electrons. The summed E-state index contributed by atoms with van der Waals surface area (Å²) in [6.45, 7) is 2.36. The van der Waals surface area contributed by atoms with Crippen LogP contribution in [-0.4, -0.2) is 55.1 Å². The number of anilines is 1. The molecule has 2 heterocycles. The first-order valence-corrected chi connectivity index (χ1v) is 11.5. The number of nitrogens with zero attached hydrogens (tertiary/aromatic N) is 3. The Labute approximate surface area is 189 Å². The zero-order chi connectivity index (χ0) is 23.4. The molecule has 1 N–H and O–H groups in total. The molecule has 0 bridgehead atoms. The number of sulfonamides is 1. The van der Waals surface area contributed by atoms with Crippen molar-refractivity contribution in [2.75, 3.05) is 31.6 Å².